The zero-order valence-corrected chi connectivity index (χ0v) is 15.4. The molecular formula is C21H22N2O4. The zero-order chi connectivity index (χ0) is 19.2. The molecule has 1 heterocycles. The smallest absolute Gasteiger partial charge is 0.253 e. The van der Waals surface area contributed by atoms with Gasteiger partial charge in [-0.15, -0.1) is 0 Å². The first-order chi connectivity index (χ1) is 13.1. The molecule has 0 radical (unpaired) electrons. The Balaban J connectivity index is 1.65. The van der Waals surface area contributed by atoms with Gasteiger partial charge in [-0.05, 0) is 55.8 Å². The molecule has 0 bridgehead atoms. The molecular weight excluding hydrogens is 344 g/mol. The lowest BCUT2D eigenvalue weighted by Gasteiger charge is -2.18. The van der Waals surface area contributed by atoms with Gasteiger partial charge in [0.1, 0.15) is 0 Å². The number of anilines is 1. The van der Waals surface area contributed by atoms with Gasteiger partial charge in [-0.1, -0.05) is 12.1 Å². The highest BCUT2D eigenvalue weighted by molar-refractivity contribution is 6.03. The summed E-state index contributed by atoms with van der Waals surface area (Å²) in [5.41, 5.74) is 1.96. The number of carbonyl (C=O) groups is 2. The largest absolute Gasteiger partial charge is 0.454 e. The quantitative estimate of drug-likeness (QED) is 0.794. The van der Waals surface area contributed by atoms with Crippen LogP contribution in [0.2, 0.25) is 0 Å². The zero-order valence-electron chi connectivity index (χ0n) is 15.4. The van der Waals surface area contributed by atoms with Gasteiger partial charge >= 0.3 is 0 Å². The summed E-state index contributed by atoms with van der Waals surface area (Å²) in [6, 6.07) is 12.4. The Morgan fingerprint density at radius 1 is 1.07 bits per heavy atom. The third-order valence-corrected chi connectivity index (χ3v) is 4.25. The summed E-state index contributed by atoms with van der Waals surface area (Å²) in [5, 5.41) is 2.78. The minimum atomic E-state index is -0.278. The summed E-state index contributed by atoms with van der Waals surface area (Å²) in [7, 11) is 0. The Kier molecular flexibility index (Phi) is 5.76. The lowest BCUT2D eigenvalue weighted by Crippen LogP contribution is -2.30. The fraction of sp³-hybridized carbons (Fsp3) is 0.238. The first-order valence-electron chi connectivity index (χ1n) is 8.88. The number of hydrogen-bond acceptors (Lipinski definition) is 4. The van der Waals surface area contributed by atoms with Crippen molar-refractivity contribution in [3.05, 3.63) is 59.7 Å². The van der Waals surface area contributed by atoms with Crippen LogP contribution in [0.25, 0.3) is 6.08 Å². The van der Waals surface area contributed by atoms with E-state index in [2.05, 4.69) is 5.32 Å². The molecule has 0 unspecified atom stereocenters. The molecule has 140 valence electrons. The second-order valence-corrected chi connectivity index (χ2v) is 5.99. The van der Waals surface area contributed by atoms with Gasteiger partial charge in [0.15, 0.2) is 11.5 Å². The van der Waals surface area contributed by atoms with E-state index in [1.807, 2.05) is 32.0 Å². The molecule has 1 aliphatic rings. The van der Waals surface area contributed by atoms with Crippen LogP contribution in [0.1, 0.15) is 29.8 Å². The molecule has 1 N–H and O–H groups in total. The number of carbonyl (C=O) groups excluding carboxylic acids is 2. The fourth-order valence-corrected chi connectivity index (χ4v) is 2.80. The number of nitrogens with one attached hydrogen (secondary N) is 1. The van der Waals surface area contributed by atoms with Crippen LogP contribution in [0.3, 0.4) is 0 Å². The van der Waals surface area contributed by atoms with Crippen LogP contribution < -0.4 is 14.8 Å². The molecule has 2 amide bonds. The van der Waals surface area contributed by atoms with Gasteiger partial charge < -0.3 is 19.7 Å². The first-order valence-corrected chi connectivity index (χ1v) is 8.88. The molecule has 0 atom stereocenters. The van der Waals surface area contributed by atoms with Crippen LogP contribution in [0.4, 0.5) is 5.69 Å². The van der Waals surface area contributed by atoms with E-state index < -0.39 is 0 Å². The normalized spacial score (nSPS) is 12.2. The van der Waals surface area contributed by atoms with Crippen molar-refractivity contribution < 1.29 is 19.1 Å². The first kappa shape index (κ1) is 18.5. The highest BCUT2D eigenvalue weighted by Crippen LogP contribution is 2.32. The number of ether oxygens (including phenoxy) is 2. The van der Waals surface area contributed by atoms with Crippen LogP contribution in [0.5, 0.6) is 11.5 Å². The van der Waals surface area contributed by atoms with Gasteiger partial charge in [0.25, 0.3) is 5.91 Å². The van der Waals surface area contributed by atoms with Crippen molar-refractivity contribution in [1.82, 2.24) is 4.90 Å². The predicted octanol–water partition coefficient (Wildman–Crippen LogP) is 3.55. The summed E-state index contributed by atoms with van der Waals surface area (Å²) in [6.45, 7) is 5.38. The van der Waals surface area contributed by atoms with Crippen molar-refractivity contribution in [2.45, 2.75) is 13.8 Å². The average molecular weight is 366 g/mol. The Hall–Kier alpha value is -3.28. The summed E-state index contributed by atoms with van der Waals surface area (Å²) >= 11 is 0. The lowest BCUT2D eigenvalue weighted by molar-refractivity contribution is -0.111. The third kappa shape index (κ3) is 4.47. The number of rotatable bonds is 6. The van der Waals surface area contributed by atoms with E-state index in [0.29, 0.717) is 35.8 Å². The molecule has 0 saturated carbocycles. The summed E-state index contributed by atoms with van der Waals surface area (Å²) in [4.78, 5) is 26.4. The van der Waals surface area contributed by atoms with E-state index in [-0.39, 0.29) is 18.6 Å². The Morgan fingerprint density at radius 2 is 1.85 bits per heavy atom. The molecule has 6 nitrogen and oxygen atoms in total. The predicted molar refractivity (Wildman–Crippen MR) is 104 cm³/mol. The second kappa shape index (κ2) is 8.40. The minimum absolute atomic E-state index is 0.0491. The van der Waals surface area contributed by atoms with Gasteiger partial charge in [-0.3, -0.25) is 9.59 Å². The van der Waals surface area contributed by atoms with Gasteiger partial charge in [0.2, 0.25) is 12.7 Å². The van der Waals surface area contributed by atoms with E-state index in [4.69, 9.17) is 9.47 Å². The van der Waals surface area contributed by atoms with Crippen molar-refractivity contribution in [3.8, 4) is 11.5 Å². The number of nitrogens with zero attached hydrogens (tertiary/aromatic N) is 1. The van der Waals surface area contributed by atoms with E-state index >= 15 is 0 Å². The molecule has 2 aromatic rings. The van der Waals surface area contributed by atoms with Crippen LogP contribution in [0, 0.1) is 0 Å². The molecule has 0 spiro atoms. The van der Waals surface area contributed by atoms with Crippen LogP contribution >= 0.6 is 0 Å². The van der Waals surface area contributed by atoms with E-state index in [1.165, 1.54) is 6.08 Å². The van der Waals surface area contributed by atoms with E-state index in [1.54, 1.807) is 35.2 Å². The van der Waals surface area contributed by atoms with Crippen molar-refractivity contribution in [3.63, 3.8) is 0 Å². The highest BCUT2D eigenvalue weighted by atomic mass is 16.7. The monoisotopic (exact) mass is 366 g/mol. The van der Waals surface area contributed by atoms with E-state index in [9.17, 15) is 9.59 Å². The molecule has 0 fully saturated rings. The fourth-order valence-electron chi connectivity index (χ4n) is 2.80. The molecule has 6 heteroatoms. The minimum Gasteiger partial charge on any atom is -0.454 e. The highest BCUT2D eigenvalue weighted by Gasteiger charge is 2.14. The van der Waals surface area contributed by atoms with Crippen molar-refractivity contribution in [2.24, 2.45) is 0 Å². The maximum atomic E-state index is 12.4. The van der Waals surface area contributed by atoms with Crippen molar-refractivity contribution in [1.29, 1.82) is 0 Å². The number of hydrogen-bond donors (Lipinski definition) is 1. The number of amides is 2. The van der Waals surface area contributed by atoms with Gasteiger partial charge in [0.05, 0.1) is 0 Å². The molecule has 0 aromatic heterocycles. The standard InChI is InChI=1S/C21H22N2O4/c1-3-23(4-2)21(25)16-6-5-7-17(13-16)22-20(24)11-9-15-8-10-18-19(12-15)27-14-26-18/h5-13H,3-4,14H2,1-2H3,(H,22,24)/b11-9+. The average Bonchev–Trinajstić information content (AvgIpc) is 3.15. The molecule has 3 rings (SSSR count). The van der Waals surface area contributed by atoms with Crippen molar-refractivity contribution in [2.75, 3.05) is 25.2 Å². The topological polar surface area (TPSA) is 67.9 Å². The van der Waals surface area contributed by atoms with E-state index in [0.717, 1.165) is 5.56 Å². The van der Waals surface area contributed by atoms with Gasteiger partial charge in [-0.2, -0.15) is 0 Å². The van der Waals surface area contributed by atoms with Crippen LogP contribution in [0.15, 0.2) is 48.5 Å². The maximum Gasteiger partial charge on any atom is 0.253 e. The van der Waals surface area contributed by atoms with Crippen LogP contribution in [-0.2, 0) is 4.79 Å². The molecule has 0 saturated heterocycles. The molecule has 2 aromatic carbocycles. The Bertz CT molecular complexity index is 872. The number of fused-ring (bicyclic) bond motifs is 1. The molecule has 1 aliphatic heterocycles. The molecule has 0 aliphatic carbocycles. The Morgan fingerprint density at radius 3 is 2.63 bits per heavy atom. The molecule has 27 heavy (non-hydrogen) atoms. The van der Waals surface area contributed by atoms with Gasteiger partial charge in [-0.25, -0.2) is 0 Å². The number of benzene rings is 2. The maximum absolute atomic E-state index is 12.4. The summed E-state index contributed by atoms with van der Waals surface area (Å²) < 4.78 is 10.6. The second-order valence-electron chi connectivity index (χ2n) is 5.99. The van der Waals surface area contributed by atoms with Gasteiger partial charge in [0, 0.05) is 30.4 Å². The third-order valence-electron chi connectivity index (χ3n) is 4.25. The summed E-state index contributed by atoms with van der Waals surface area (Å²) in [5.74, 6) is 1.04. The van der Waals surface area contributed by atoms with Crippen LogP contribution in [-0.4, -0.2) is 36.6 Å². The SMILES string of the molecule is CCN(CC)C(=O)c1cccc(NC(=O)/C=C/c2ccc3c(c2)OCO3)c1. The summed E-state index contributed by atoms with van der Waals surface area (Å²) in [6.07, 6.45) is 3.14. The lowest BCUT2D eigenvalue weighted by atomic mass is 10.1. The Labute approximate surface area is 158 Å². The van der Waals surface area contributed by atoms with Crippen molar-refractivity contribution >= 4 is 23.6 Å².